The van der Waals surface area contributed by atoms with Gasteiger partial charge >= 0.3 is 5.97 Å². The maximum Gasteiger partial charge on any atom is 0.326 e. The predicted molar refractivity (Wildman–Crippen MR) is 141 cm³/mol. The van der Waals surface area contributed by atoms with Crippen LogP contribution in [0.5, 0.6) is 5.75 Å². The second-order valence-electron chi connectivity index (χ2n) is 9.94. The molecule has 1 aromatic rings. The number of carboxylic acids is 1. The fourth-order valence-corrected chi connectivity index (χ4v) is 3.65. The highest BCUT2D eigenvalue weighted by Crippen LogP contribution is 2.13. The molecule has 0 spiro atoms. The minimum atomic E-state index is -1.29. The minimum Gasteiger partial charge on any atom is -0.508 e. The van der Waals surface area contributed by atoms with Gasteiger partial charge < -0.3 is 37.6 Å². The summed E-state index contributed by atoms with van der Waals surface area (Å²) in [6.07, 6.45) is 0.485. The number of carbonyl (C=O) groups excluding carboxylic acids is 4. The van der Waals surface area contributed by atoms with Gasteiger partial charge in [-0.25, -0.2) is 4.79 Å². The molecule has 0 saturated carbocycles. The molecule has 4 amide bonds. The number of benzene rings is 1. The van der Waals surface area contributed by atoms with Crippen molar-refractivity contribution in [1.29, 1.82) is 0 Å². The van der Waals surface area contributed by atoms with Gasteiger partial charge in [0.25, 0.3) is 0 Å². The molecule has 0 saturated heterocycles. The molecule has 1 rings (SSSR count). The monoisotopic (exact) mass is 535 g/mol. The zero-order chi connectivity index (χ0) is 29.0. The van der Waals surface area contributed by atoms with E-state index in [2.05, 4.69) is 16.0 Å². The van der Waals surface area contributed by atoms with Crippen LogP contribution < -0.4 is 27.4 Å². The Morgan fingerprint density at radius 1 is 0.868 bits per heavy atom. The lowest BCUT2D eigenvalue weighted by Crippen LogP contribution is -2.58. The first-order valence-corrected chi connectivity index (χ1v) is 12.7. The van der Waals surface area contributed by atoms with E-state index in [1.165, 1.54) is 12.1 Å². The van der Waals surface area contributed by atoms with E-state index in [4.69, 9.17) is 11.5 Å². The zero-order valence-electron chi connectivity index (χ0n) is 22.4. The van der Waals surface area contributed by atoms with E-state index in [9.17, 15) is 34.2 Å². The van der Waals surface area contributed by atoms with E-state index in [0.29, 0.717) is 12.0 Å². The van der Waals surface area contributed by atoms with Gasteiger partial charge in [0.05, 0.1) is 6.04 Å². The highest BCUT2D eigenvalue weighted by Gasteiger charge is 2.31. The molecule has 0 aromatic heterocycles. The Labute approximate surface area is 222 Å². The smallest absolute Gasteiger partial charge is 0.326 e. The zero-order valence-corrected chi connectivity index (χ0v) is 22.4. The molecule has 0 bridgehead atoms. The SMILES string of the molecule is CCC(C)C(N)C(=O)NC(CCC(N)=O)C(=O)NC(CC(C)C)C(=O)NC(Cc1ccc(O)cc1)C(=O)O. The van der Waals surface area contributed by atoms with Gasteiger partial charge in [-0.1, -0.05) is 46.2 Å². The molecular formula is C26H41N5O7. The van der Waals surface area contributed by atoms with Crippen molar-refractivity contribution >= 4 is 29.6 Å². The fraction of sp³-hybridized carbons (Fsp3) is 0.577. The van der Waals surface area contributed by atoms with Gasteiger partial charge in [-0.15, -0.1) is 0 Å². The molecule has 1 aromatic carbocycles. The third-order valence-electron chi connectivity index (χ3n) is 6.20. The number of hydrogen-bond donors (Lipinski definition) is 7. The van der Waals surface area contributed by atoms with Crippen molar-refractivity contribution in [2.75, 3.05) is 0 Å². The number of aromatic hydroxyl groups is 1. The number of carboxylic acid groups (broad SMARTS) is 1. The number of nitrogens with one attached hydrogen (secondary N) is 3. The number of hydrogen-bond acceptors (Lipinski definition) is 7. The van der Waals surface area contributed by atoms with Crippen LogP contribution in [-0.2, 0) is 30.4 Å². The van der Waals surface area contributed by atoms with Crippen LogP contribution in [0.2, 0.25) is 0 Å². The molecule has 0 aliphatic carbocycles. The van der Waals surface area contributed by atoms with Gasteiger partial charge in [0.2, 0.25) is 23.6 Å². The summed E-state index contributed by atoms with van der Waals surface area (Å²) in [5.41, 5.74) is 11.8. The van der Waals surface area contributed by atoms with Crippen molar-refractivity contribution in [1.82, 2.24) is 16.0 Å². The maximum absolute atomic E-state index is 13.2. The van der Waals surface area contributed by atoms with Gasteiger partial charge in [-0.05, 0) is 42.4 Å². The van der Waals surface area contributed by atoms with Crippen molar-refractivity contribution in [3.05, 3.63) is 29.8 Å². The van der Waals surface area contributed by atoms with Crippen molar-refractivity contribution in [2.45, 2.75) is 84.0 Å². The Kier molecular flexibility index (Phi) is 13.2. The fourth-order valence-electron chi connectivity index (χ4n) is 3.65. The summed E-state index contributed by atoms with van der Waals surface area (Å²) in [5, 5.41) is 26.7. The van der Waals surface area contributed by atoms with Crippen molar-refractivity contribution < 1.29 is 34.2 Å². The Morgan fingerprint density at radius 2 is 1.39 bits per heavy atom. The van der Waals surface area contributed by atoms with Crippen LogP contribution in [0.4, 0.5) is 0 Å². The maximum atomic E-state index is 13.2. The van der Waals surface area contributed by atoms with Gasteiger partial charge in [-0.2, -0.15) is 0 Å². The molecule has 0 aliphatic rings. The first-order chi connectivity index (χ1) is 17.7. The van der Waals surface area contributed by atoms with E-state index in [0.717, 1.165) is 0 Å². The normalized spacial score (nSPS) is 15.0. The molecule has 0 aliphatic heterocycles. The van der Waals surface area contributed by atoms with E-state index < -0.39 is 53.8 Å². The molecule has 5 unspecified atom stereocenters. The lowest BCUT2D eigenvalue weighted by Gasteiger charge is -2.26. The minimum absolute atomic E-state index is 0.0208. The second-order valence-corrected chi connectivity index (χ2v) is 9.94. The number of primary amides is 1. The predicted octanol–water partition coefficient (Wildman–Crippen LogP) is 0.159. The van der Waals surface area contributed by atoms with Crippen LogP contribution in [0.15, 0.2) is 24.3 Å². The first kappa shape index (κ1) is 32.4. The molecule has 12 nitrogen and oxygen atoms in total. The van der Waals surface area contributed by atoms with Crippen LogP contribution in [0.1, 0.15) is 58.9 Å². The number of aliphatic carboxylic acids is 1. The van der Waals surface area contributed by atoms with Crippen LogP contribution >= 0.6 is 0 Å². The van der Waals surface area contributed by atoms with Gasteiger partial charge in [0, 0.05) is 12.8 Å². The van der Waals surface area contributed by atoms with Crippen LogP contribution in [-0.4, -0.2) is 64.0 Å². The van der Waals surface area contributed by atoms with E-state index >= 15 is 0 Å². The number of carbonyl (C=O) groups is 5. The Bertz CT molecular complexity index is 967. The summed E-state index contributed by atoms with van der Waals surface area (Å²) in [5.74, 6) is -4.14. The molecule has 0 radical (unpaired) electrons. The standard InChI is InChI=1S/C26H41N5O7/c1-5-15(4)22(28)25(36)29-18(10-11-21(27)33)23(34)30-19(12-14(2)3)24(35)31-20(26(37)38)13-16-6-8-17(32)9-7-16/h6-9,14-15,18-20,22,32H,5,10-13,28H2,1-4H3,(H2,27,33)(H,29,36)(H,30,34)(H,31,35)(H,37,38). The lowest BCUT2D eigenvalue weighted by atomic mass is 9.98. The lowest BCUT2D eigenvalue weighted by molar-refractivity contribution is -0.142. The van der Waals surface area contributed by atoms with Gasteiger partial charge in [0.15, 0.2) is 0 Å². The second kappa shape index (κ2) is 15.6. The summed E-state index contributed by atoms with van der Waals surface area (Å²) in [4.78, 5) is 62.1. The number of rotatable bonds is 16. The third-order valence-corrected chi connectivity index (χ3v) is 6.20. The van der Waals surface area contributed by atoms with Crippen molar-refractivity contribution in [2.24, 2.45) is 23.3 Å². The van der Waals surface area contributed by atoms with Crippen molar-refractivity contribution in [3.8, 4) is 5.75 Å². The van der Waals surface area contributed by atoms with E-state index in [1.807, 2.05) is 20.8 Å². The summed E-state index contributed by atoms with van der Waals surface area (Å²) < 4.78 is 0. The third kappa shape index (κ3) is 11.2. The molecular weight excluding hydrogens is 494 g/mol. The molecule has 0 fully saturated rings. The molecule has 5 atom stereocenters. The largest absolute Gasteiger partial charge is 0.508 e. The van der Waals surface area contributed by atoms with E-state index in [1.54, 1.807) is 19.1 Å². The molecule has 38 heavy (non-hydrogen) atoms. The summed E-state index contributed by atoms with van der Waals surface area (Å²) in [7, 11) is 0. The average Bonchev–Trinajstić information content (AvgIpc) is 2.85. The Morgan fingerprint density at radius 3 is 1.89 bits per heavy atom. The Hall–Kier alpha value is -3.67. The summed E-state index contributed by atoms with van der Waals surface area (Å²) in [6, 6.07) is 1.44. The molecule has 212 valence electrons. The summed E-state index contributed by atoms with van der Waals surface area (Å²) in [6.45, 7) is 7.32. The van der Waals surface area contributed by atoms with E-state index in [-0.39, 0.29) is 43.3 Å². The molecule has 9 N–H and O–H groups in total. The number of amides is 4. The highest BCUT2D eigenvalue weighted by molar-refractivity contribution is 5.94. The van der Waals surface area contributed by atoms with Gasteiger partial charge in [-0.3, -0.25) is 19.2 Å². The molecule has 0 heterocycles. The molecule has 12 heteroatoms. The highest BCUT2D eigenvalue weighted by atomic mass is 16.4. The number of phenolic OH excluding ortho intramolecular Hbond substituents is 1. The van der Waals surface area contributed by atoms with Gasteiger partial charge in [0.1, 0.15) is 23.9 Å². The summed E-state index contributed by atoms with van der Waals surface area (Å²) >= 11 is 0. The first-order valence-electron chi connectivity index (χ1n) is 12.7. The number of nitrogens with two attached hydrogens (primary N) is 2. The van der Waals surface area contributed by atoms with Crippen LogP contribution in [0, 0.1) is 11.8 Å². The number of phenols is 1. The average molecular weight is 536 g/mol. The Balaban J connectivity index is 3.06. The topological polar surface area (TPSA) is 214 Å². The van der Waals surface area contributed by atoms with Crippen molar-refractivity contribution in [3.63, 3.8) is 0 Å². The van der Waals surface area contributed by atoms with Crippen LogP contribution in [0.3, 0.4) is 0 Å². The quantitative estimate of drug-likeness (QED) is 0.154. The van der Waals surface area contributed by atoms with Crippen LogP contribution in [0.25, 0.3) is 0 Å².